The Labute approximate surface area is 182 Å². The lowest BCUT2D eigenvalue weighted by Crippen LogP contribution is -2.36. The molecule has 7 heteroatoms. The van der Waals surface area contributed by atoms with Crippen molar-refractivity contribution >= 4 is 17.2 Å². The third-order valence-corrected chi connectivity index (χ3v) is 5.98. The monoisotopic (exact) mass is 435 g/mol. The maximum absolute atomic E-state index is 13.8. The fourth-order valence-electron chi connectivity index (χ4n) is 3.91. The molecule has 0 saturated carbocycles. The highest BCUT2D eigenvalue weighted by Crippen LogP contribution is 2.30. The second-order valence-corrected chi connectivity index (χ2v) is 8.49. The first-order valence-corrected chi connectivity index (χ1v) is 10.8. The molecular weight excluding hydrogens is 416 g/mol. The molecule has 4 nitrogen and oxygen atoms in total. The highest BCUT2D eigenvalue weighted by atomic mass is 32.1. The van der Waals surface area contributed by atoms with Crippen molar-refractivity contribution < 1.29 is 13.5 Å². The number of imidazole rings is 1. The third kappa shape index (κ3) is 4.27. The number of nitrogens with zero attached hydrogens (tertiary/aromatic N) is 3. The van der Waals surface area contributed by atoms with E-state index in [4.69, 9.17) is 9.73 Å². The van der Waals surface area contributed by atoms with E-state index >= 15 is 0 Å². The smallest absolute Gasteiger partial charge is 0.216 e. The lowest BCUT2D eigenvalue weighted by Gasteiger charge is -2.24. The normalized spacial score (nSPS) is 18.1. The summed E-state index contributed by atoms with van der Waals surface area (Å²) in [5.41, 5.74) is 3.02. The molecule has 0 radical (unpaired) electrons. The van der Waals surface area contributed by atoms with E-state index in [0.29, 0.717) is 31.0 Å². The molecule has 5 rings (SSSR count). The van der Waals surface area contributed by atoms with Crippen LogP contribution in [0.15, 0.2) is 83.0 Å². The van der Waals surface area contributed by atoms with Gasteiger partial charge in [-0.05, 0) is 57.8 Å². The molecule has 2 aromatic heterocycles. The van der Waals surface area contributed by atoms with E-state index in [9.17, 15) is 8.78 Å². The Kier molecular flexibility index (Phi) is 5.11. The van der Waals surface area contributed by atoms with Gasteiger partial charge in [0.1, 0.15) is 23.8 Å². The number of aromatic nitrogens is 2. The lowest BCUT2D eigenvalue weighted by molar-refractivity contribution is 0.232. The van der Waals surface area contributed by atoms with Crippen molar-refractivity contribution in [2.45, 2.75) is 18.5 Å². The molecule has 1 aliphatic rings. The summed E-state index contributed by atoms with van der Waals surface area (Å²) in [5.74, 6) is -0.659. The molecule has 156 valence electrons. The van der Waals surface area contributed by atoms with Gasteiger partial charge in [0.2, 0.25) is 5.90 Å². The molecule has 0 aliphatic carbocycles. The van der Waals surface area contributed by atoms with Crippen LogP contribution in [0, 0.1) is 11.6 Å². The SMILES string of the molecule is Fc1cc(F)cc(CC2(Cn3ccnc3)COC(c3ccc(-c4ccsc4)cc3)=N2)c1. The van der Waals surface area contributed by atoms with Crippen LogP contribution in [0.5, 0.6) is 0 Å². The Bertz CT molecular complexity index is 1180. The zero-order chi connectivity index (χ0) is 21.3. The average Bonchev–Trinajstić information content (AvgIpc) is 3.50. The maximum Gasteiger partial charge on any atom is 0.216 e. The Balaban J connectivity index is 1.46. The fourth-order valence-corrected chi connectivity index (χ4v) is 4.57. The van der Waals surface area contributed by atoms with Crippen LogP contribution in [0.3, 0.4) is 0 Å². The van der Waals surface area contributed by atoms with Gasteiger partial charge in [-0.25, -0.2) is 18.8 Å². The summed E-state index contributed by atoms with van der Waals surface area (Å²) in [5, 5.41) is 4.15. The highest BCUT2D eigenvalue weighted by Gasteiger charge is 2.38. The van der Waals surface area contributed by atoms with Gasteiger partial charge in [0, 0.05) is 30.4 Å². The van der Waals surface area contributed by atoms with Gasteiger partial charge in [0.25, 0.3) is 0 Å². The number of hydrogen-bond donors (Lipinski definition) is 0. The van der Waals surface area contributed by atoms with Gasteiger partial charge < -0.3 is 9.30 Å². The summed E-state index contributed by atoms with van der Waals surface area (Å²) in [6.45, 7) is 0.798. The van der Waals surface area contributed by atoms with Gasteiger partial charge >= 0.3 is 0 Å². The largest absolute Gasteiger partial charge is 0.475 e. The summed E-state index contributed by atoms with van der Waals surface area (Å²) in [7, 11) is 0. The number of rotatable bonds is 6. The quantitative estimate of drug-likeness (QED) is 0.410. The van der Waals surface area contributed by atoms with E-state index in [1.807, 2.05) is 40.4 Å². The van der Waals surface area contributed by atoms with Gasteiger partial charge in [-0.3, -0.25) is 0 Å². The minimum absolute atomic E-state index is 0.310. The van der Waals surface area contributed by atoms with Crippen LogP contribution in [0.25, 0.3) is 11.1 Å². The summed E-state index contributed by atoms with van der Waals surface area (Å²) in [4.78, 5) is 9.01. The predicted octanol–water partition coefficient (Wildman–Crippen LogP) is 5.35. The molecule has 3 heterocycles. The molecule has 0 N–H and O–H groups in total. The number of benzene rings is 2. The van der Waals surface area contributed by atoms with Crippen LogP contribution in [-0.2, 0) is 17.7 Å². The van der Waals surface area contributed by atoms with Crippen molar-refractivity contribution in [1.29, 1.82) is 0 Å². The van der Waals surface area contributed by atoms with E-state index < -0.39 is 17.2 Å². The van der Waals surface area contributed by atoms with Crippen molar-refractivity contribution in [3.05, 3.63) is 101 Å². The van der Waals surface area contributed by atoms with E-state index in [0.717, 1.165) is 17.2 Å². The number of thiophene rings is 1. The molecule has 1 unspecified atom stereocenters. The molecule has 4 aromatic rings. The molecule has 1 atom stereocenters. The van der Waals surface area contributed by atoms with Crippen LogP contribution in [-0.4, -0.2) is 27.6 Å². The first kappa shape index (κ1) is 19.6. The minimum atomic E-state index is -0.692. The molecule has 0 saturated heterocycles. The summed E-state index contributed by atoms with van der Waals surface area (Å²) >= 11 is 1.66. The zero-order valence-corrected chi connectivity index (χ0v) is 17.4. The van der Waals surface area contributed by atoms with Crippen molar-refractivity contribution in [1.82, 2.24) is 9.55 Å². The molecule has 0 fully saturated rings. The first-order valence-electron chi connectivity index (χ1n) is 9.85. The third-order valence-electron chi connectivity index (χ3n) is 5.29. The standard InChI is InChI=1S/C24H19F2N3OS/c25-21-9-17(10-22(26)11-21)12-24(14-29-7-6-27-16-29)15-30-23(28-24)19-3-1-18(2-4-19)20-5-8-31-13-20/h1-11,13,16H,12,14-15H2. The summed E-state index contributed by atoms with van der Waals surface area (Å²) < 4.78 is 35.5. The Morgan fingerprint density at radius 3 is 2.45 bits per heavy atom. The Hall–Kier alpha value is -3.32. The summed E-state index contributed by atoms with van der Waals surface area (Å²) in [6, 6.07) is 13.7. The molecule has 0 amide bonds. The van der Waals surface area contributed by atoms with Crippen LogP contribution in [0.4, 0.5) is 8.78 Å². The maximum atomic E-state index is 13.8. The number of hydrogen-bond acceptors (Lipinski definition) is 4. The molecule has 1 aliphatic heterocycles. The van der Waals surface area contributed by atoms with Crippen molar-refractivity contribution in [3.8, 4) is 11.1 Å². The van der Waals surface area contributed by atoms with E-state index in [-0.39, 0.29) is 0 Å². The van der Waals surface area contributed by atoms with Crippen LogP contribution < -0.4 is 0 Å². The Morgan fingerprint density at radius 2 is 1.77 bits per heavy atom. The molecule has 31 heavy (non-hydrogen) atoms. The molecule has 0 bridgehead atoms. The van der Waals surface area contributed by atoms with E-state index in [1.165, 1.54) is 17.7 Å². The highest BCUT2D eigenvalue weighted by molar-refractivity contribution is 7.08. The number of ether oxygens (including phenoxy) is 1. The minimum Gasteiger partial charge on any atom is -0.475 e. The number of halogens is 2. The average molecular weight is 435 g/mol. The molecule has 2 aromatic carbocycles. The van der Waals surface area contributed by atoms with Gasteiger partial charge in [-0.15, -0.1) is 0 Å². The second kappa shape index (κ2) is 8.07. The van der Waals surface area contributed by atoms with E-state index in [2.05, 4.69) is 16.4 Å². The Morgan fingerprint density at radius 1 is 1.00 bits per heavy atom. The van der Waals surface area contributed by atoms with Crippen molar-refractivity contribution in [2.24, 2.45) is 4.99 Å². The van der Waals surface area contributed by atoms with E-state index in [1.54, 1.807) is 23.9 Å². The second-order valence-electron chi connectivity index (χ2n) is 7.71. The van der Waals surface area contributed by atoms with Crippen LogP contribution in [0.2, 0.25) is 0 Å². The number of aliphatic imine (C=N–C) groups is 1. The van der Waals surface area contributed by atoms with Gasteiger partial charge in [-0.2, -0.15) is 11.3 Å². The lowest BCUT2D eigenvalue weighted by atomic mass is 9.92. The van der Waals surface area contributed by atoms with Crippen LogP contribution in [0.1, 0.15) is 11.1 Å². The van der Waals surface area contributed by atoms with Gasteiger partial charge in [-0.1, -0.05) is 12.1 Å². The van der Waals surface area contributed by atoms with Gasteiger partial charge in [0.05, 0.1) is 12.9 Å². The zero-order valence-electron chi connectivity index (χ0n) is 16.5. The fraction of sp³-hybridized carbons (Fsp3) is 0.167. The van der Waals surface area contributed by atoms with Crippen molar-refractivity contribution in [2.75, 3.05) is 6.61 Å². The molecular formula is C24H19F2N3OS. The predicted molar refractivity (Wildman–Crippen MR) is 117 cm³/mol. The topological polar surface area (TPSA) is 39.4 Å². The first-order chi connectivity index (χ1) is 15.1. The van der Waals surface area contributed by atoms with Gasteiger partial charge in [0.15, 0.2) is 0 Å². The van der Waals surface area contributed by atoms with Crippen LogP contribution >= 0.6 is 11.3 Å². The van der Waals surface area contributed by atoms with Crippen molar-refractivity contribution in [3.63, 3.8) is 0 Å². The summed E-state index contributed by atoms with van der Waals surface area (Å²) in [6.07, 6.45) is 5.59. The molecule has 0 spiro atoms.